The second-order valence-corrected chi connectivity index (χ2v) is 5.39. The number of nitrogens with two attached hydrogens (primary N) is 1. The molecule has 100 valence electrons. The highest BCUT2D eigenvalue weighted by molar-refractivity contribution is 5.50. The summed E-state index contributed by atoms with van der Waals surface area (Å²) in [6, 6.07) is 2.68. The molecule has 0 radical (unpaired) electrons. The van der Waals surface area contributed by atoms with Gasteiger partial charge in [-0.25, -0.2) is 4.98 Å². The molecule has 1 fully saturated rings. The van der Waals surface area contributed by atoms with Crippen LogP contribution in [-0.2, 0) is 6.54 Å². The van der Waals surface area contributed by atoms with Crippen LogP contribution in [0.2, 0.25) is 0 Å². The monoisotopic (exact) mass is 247 g/mol. The molecule has 0 aromatic carbocycles. The van der Waals surface area contributed by atoms with E-state index in [-0.39, 0.29) is 0 Å². The first-order valence-electron chi connectivity index (χ1n) is 7.11. The van der Waals surface area contributed by atoms with Gasteiger partial charge in [-0.15, -0.1) is 0 Å². The van der Waals surface area contributed by atoms with E-state index in [0.29, 0.717) is 12.6 Å². The topological polar surface area (TPSA) is 42.2 Å². The highest BCUT2D eigenvalue weighted by atomic mass is 15.2. The molecule has 0 atom stereocenters. The van der Waals surface area contributed by atoms with Crippen LogP contribution in [0.25, 0.3) is 0 Å². The lowest BCUT2D eigenvalue weighted by molar-refractivity contribution is 0.547. The Labute approximate surface area is 110 Å². The van der Waals surface area contributed by atoms with E-state index in [1.165, 1.54) is 49.7 Å². The SMILES string of the molecule is Cc1ccnc(N(C)C2CCCCCC2)c1CN. The molecule has 0 aliphatic heterocycles. The molecular weight excluding hydrogens is 222 g/mol. The molecule has 3 nitrogen and oxygen atoms in total. The molecule has 0 amide bonds. The zero-order valence-corrected chi connectivity index (χ0v) is 11.7. The molecule has 0 spiro atoms. The number of hydrogen-bond acceptors (Lipinski definition) is 3. The summed E-state index contributed by atoms with van der Waals surface area (Å²) >= 11 is 0. The lowest BCUT2D eigenvalue weighted by Crippen LogP contribution is -2.33. The predicted molar refractivity (Wildman–Crippen MR) is 76.8 cm³/mol. The highest BCUT2D eigenvalue weighted by Gasteiger charge is 2.20. The molecule has 2 rings (SSSR count). The van der Waals surface area contributed by atoms with Gasteiger partial charge in [0.1, 0.15) is 5.82 Å². The Morgan fingerprint density at radius 2 is 1.94 bits per heavy atom. The summed E-state index contributed by atoms with van der Waals surface area (Å²) in [6.45, 7) is 2.69. The van der Waals surface area contributed by atoms with Crippen molar-refractivity contribution < 1.29 is 0 Å². The number of anilines is 1. The fourth-order valence-electron chi connectivity index (χ4n) is 2.95. The molecule has 1 aromatic rings. The predicted octanol–water partition coefficient (Wildman–Crippen LogP) is 3.01. The Kier molecular flexibility index (Phi) is 4.59. The van der Waals surface area contributed by atoms with E-state index in [2.05, 4.69) is 23.9 Å². The first-order chi connectivity index (χ1) is 8.74. The maximum absolute atomic E-state index is 5.88. The molecule has 1 aromatic heterocycles. The number of hydrogen-bond donors (Lipinski definition) is 1. The molecule has 1 saturated carbocycles. The molecule has 0 bridgehead atoms. The molecule has 0 saturated heterocycles. The van der Waals surface area contributed by atoms with Crippen LogP contribution in [0, 0.1) is 6.92 Å². The van der Waals surface area contributed by atoms with Gasteiger partial charge in [-0.05, 0) is 31.4 Å². The van der Waals surface area contributed by atoms with Crippen molar-refractivity contribution in [1.29, 1.82) is 0 Å². The molecule has 1 heterocycles. The number of rotatable bonds is 3. The lowest BCUT2D eigenvalue weighted by atomic mass is 10.1. The number of aryl methyl sites for hydroxylation is 1. The lowest BCUT2D eigenvalue weighted by Gasteiger charge is -2.30. The summed E-state index contributed by atoms with van der Waals surface area (Å²) < 4.78 is 0. The van der Waals surface area contributed by atoms with Gasteiger partial charge in [0, 0.05) is 31.4 Å². The van der Waals surface area contributed by atoms with Gasteiger partial charge in [-0.1, -0.05) is 25.7 Å². The number of nitrogens with zero attached hydrogens (tertiary/aromatic N) is 2. The average molecular weight is 247 g/mol. The van der Waals surface area contributed by atoms with E-state index in [9.17, 15) is 0 Å². The zero-order valence-electron chi connectivity index (χ0n) is 11.7. The summed E-state index contributed by atoms with van der Waals surface area (Å²) in [7, 11) is 2.18. The Morgan fingerprint density at radius 1 is 1.28 bits per heavy atom. The third-order valence-corrected chi connectivity index (χ3v) is 4.18. The maximum Gasteiger partial charge on any atom is 0.133 e. The third-order valence-electron chi connectivity index (χ3n) is 4.18. The van der Waals surface area contributed by atoms with Gasteiger partial charge >= 0.3 is 0 Å². The van der Waals surface area contributed by atoms with E-state index in [4.69, 9.17) is 5.73 Å². The third kappa shape index (κ3) is 2.83. The van der Waals surface area contributed by atoms with Gasteiger partial charge in [0.2, 0.25) is 0 Å². The van der Waals surface area contributed by atoms with Crippen molar-refractivity contribution in [2.24, 2.45) is 5.73 Å². The molecule has 18 heavy (non-hydrogen) atoms. The minimum Gasteiger partial charge on any atom is -0.356 e. The summed E-state index contributed by atoms with van der Waals surface area (Å²) in [6.07, 6.45) is 9.94. The Hall–Kier alpha value is -1.09. The van der Waals surface area contributed by atoms with Crippen molar-refractivity contribution in [3.8, 4) is 0 Å². The van der Waals surface area contributed by atoms with Crippen LogP contribution in [0.5, 0.6) is 0 Å². The Bertz CT molecular complexity index is 381. The first kappa shape index (κ1) is 13.3. The summed E-state index contributed by atoms with van der Waals surface area (Å²) in [5.41, 5.74) is 8.33. The van der Waals surface area contributed by atoms with E-state index in [0.717, 1.165) is 5.82 Å². The quantitative estimate of drug-likeness (QED) is 0.835. The van der Waals surface area contributed by atoms with E-state index in [1.54, 1.807) is 0 Å². The molecule has 0 unspecified atom stereocenters. The van der Waals surface area contributed by atoms with E-state index >= 15 is 0 Å². The van der Waals surface area contributed by atoms with Gasteiger partial charge in [-0.2, -0.15) is 0 Å². The summed E-state index contributed by atoms with van der Waals surface area (Å²) in [5.74, 6) is 1.09. The van der Waals surface area contributed by atoms with Crippen LogP contribution < -0.4 is 10.6 Å². The molecule has 2 N–H and O–H groups in total. The standard InChI is InChI=1S/C15H25N3/c1-12-9-10-17-15(14(12)11-16)18(2)13-7-5-3-4-6-8-13/h9-10,13H,3-8,11,16H2,1-2H3. The maximum atomic E-state index is 5.88. The molecular formula is C15H25N3. The van der Waals surface area contributed by atoms with Gasteiger partial charge in [0.15, 0.2) is 0 Å². The van der Waals surface area contributed by atoms with Crippen LogP contribution in [0.1, 0.15) is 49.7 Å². The highest BCUT2D eigenvalue weighted by Crippen LogP contribution is 2.27. The van der Waals surface area contributed by atoms with Gasteiger partial charge < -0.3 is 10.6 Å². The summed E-state index contributed by atoms with van der Waals surface area (Å²) in [4.78, 5) is 6.92. The van der Waals surface area contributed by atoms with Gasteiger partial charge in [0.25, 0.3) is 0 Å². The van der Waals surface area contributed by atoms with Crippen molar-refractivity contribution >= 4 is 5.82 Å². The normalized spacial score (nSPS) is 17.5. The minimum atomic E-state index is 0.575. The van der Waals surface area contributed by atoms with Gasteiger partial charge in [0.05, 0.1) is 0 Å². The van der Waals surface area contributed by atoms with E-state index in [1.807, 2.05) is 12.3 Å². The molecule has 3 heteroatoms. The van der Waals surface area contributed by atoms with E-state index < -0.39 is 0 Å². The van der Waals surface area contributed by atoms with Crippen molar-refractivity contribution in [2.75, 3.05) is 11.9 Å². The Balaban J connectivity index is 2.21. The number of aromatic nitrogens is 1. The smallest absolute Gasteiger partial charge is 0.133 e. The van der Waals surface area contributed by atoms with Crippen LogP contribution in [0.15, 0.2) is 12.3 Å². The van der Waals surface area contributed by atoms with Crippen LogP contribution >= 0.6 is 0 Å². The minimum absolute atomic E-state index is 0.575. The second kappa shape index (κ2) is 6.19. The number of pyridine rings is 1. The second-order valence-electron chi connectivity index (χ2n) is 5.39. The Morgan fingerprint density at radius 3 is 2.56 bits per heavy atom. The van der Waals surface area contributed by atoms with Crippen molar-refractivity contribution in [1.82, 2.24) is 4.98 Å². The molecule has 1 aliphatic carbocycles. The van der Waals surface area contributed by atoms with Crippen LogP contribution in [-0.4, -0.2) is 18.1 Å². The van der Waals surface area contributed by atoms with Crippen molar-refractivity contribution in [3.63, 3.8) is 0 Å². The van der Waals surface area contributed by atoms with Crippen molar-refractivity contribution in [2.45, 2.75) is 58.0 Å². The van der Waals surface area contributed by atoms with Crippen LogP contribution in [0.3, 0.4) is 0 Å². The largest absolute Gasteiger partial charge is 0.356 e. The van der Waals surface area contributed by atoms with Crippen molar-refractivity contribution in [3.05, 3.63) is 23.4 Å². The fourth-order valence-corrected chi connectivity index (χ4v) is 2.95. The van der Waals surface area contributed by atoms with Crippen LogP contribution in [0.4, 0.5) is 5.82 Å². The fraction of sp³-hybridized carbons (Fsp3) is 0.667. The zero-order chi connectivity index (χ0) is 13.0. The summed E-state index contributed by atoms with van der Waals surface area (Å²) in [5, 5.41) is 0. The first-order valence-corrected chi connectivity index (χ1v) is 7.11. The molecule has 1 aliphatic rings. The van der Waals surface area contributed by atoms with Gasteiger partial charge in [-0.3, -0.25) is 0 Å². The average Bonchev–Trinajstić information content (AvgIpc) is 2.66.